The Kier molecular flexibility index (Phi) is 3.54. The summed E-state index contributed by atoms with van der Waals surface area (Å²) in [7, 11) is 0. The monoisotopic (exact) mass is 239 g/mol. The smallest absolute Gasteiger partial charge is 0.147 e. The van der Waals surface area contributed by atoms with Gasteiger partial charge in [-0.2, -0.15) is 0 Å². The first-order valence-electron chi connectivity index (χ1n) is 5.83. The molecule has 88 valence electrons. The molecule has 4 heteroatoms. The van der Waals surface area contributed by atoms with Gasteiger partial charge in [-0.25, -0.2) is 4.98 Å². The number of nitrogen functional groups attached to an aromatic ring is 1. The molecular weight excluding hydrogens is 222 g/mol. The van der Waals surface area contributed by atoms with Gasteiger partial charge in [0.15, 0.2) is 0 Å². The van der Waals surface area contributed by atoms with Gasteiger partial charge < -0.3 is 10.6 Å². The van der Waals surface area contributed by atoms with Crippen LogP contribution in [0.1, 0.15) is 26.2 Å². The first-order valence-corrected chi connectivity index (χ1v) is 6.20. The molecular formula is C12H18ClN3. The minimum atomic E-state index is 0.622. The van der Waals surface area contributed by atoms with Gasteiger partial charge in [-0.05, 0) is 31.2 Å². The molecule has 3 nitrogen and oxygen atoms in total. The van der Waals surface area contributed by atoms with Crippen molar-refractivity contribution in [3.8, 4) is 0 Å². The molecule has 0 spiro atoms. The van der Waals surface area contributed by atoms with Crippen LogP contribution in [0.2, 0.25) is 5.02 Å². The molecule has 1 saturated heterocycles. The van der Waals surface area contributed by atoms with Crippen LogP contribution >= 0.6 is 11.6 Å². The molecule has 0 radical (unpaired) electrons. The summed E-state index contributed by atoms with van der Waals surface area (Å²) in [4.78, 5) is 6.61. The Labute approximate surface area is 102 Å². The zero-order valence-electron chi connectivity index (χ0n) is 9.62. The predicted molar refractivity (Wildman–Crippen MR) is 68.9 cm³/mol. The lowest BCUT2D eigenvalue weighted by atomic mass is 10.0. The standard InChI is InChI=1S/C12H18ClN3/c1-9-3-2-5-16(6-4-9)12-11(13)7-10(14)8-15-12/h7-9H,2-6,14H2,1H3. The Morgan fingerprint density at radius 2 is 2.25 bits per heavy atom. The number of hydrogen-bond donors (Lipinski definition) is 1. The van der Waals surface area contributed by atoms with Gasteiger partial charge >= 0.3 is 0 Å². The Hall–Kier alpha value is -0.960. The summed E-state index contributed by atoms with van der Waals surface area (Å²) in [6.45, 7) is 4.39. The van der Waals surface area contributed by atoms with Gasteiger partial charge in [0.2, 0.25) is 0 Å². The van der Waals surface area contributed by atoms with Crippen molar-refractivity contribution in [1.82, 2.24) is 4.98 Å². The fourth-order valence-electron chi connectivity index (χ4n) is 2.15. The SMILES string of the molecule is CC1CCCN(c2ncc(N)cc2Cl)CC1. The minimum Gasteiger partial charge on any atom is -0.397 e. The van der Waals surface area contributed by atoms with E-state index in [9.17, 15) is 0 Å². The van der Waals surface area contributed by atoms with Crippen molar-refractivity contribution >= 4 is 23.1 Å². The molecule has 1 fully saturated rings. The van der Waals surface area contributed by atoms with E-state index in [4.69, 9.17) is 17.3 Å². The van der Waals surface area contributed by atoms with Crippen molar-refractivity contribution in [2.75, 3.05) is 23.7 Å². The van der Waals surface area contributed by atoms with Crippen LogP contribution in [0.5, 0.6) is 0 Å². The van der Waals surface area contributed by atoms with E-state index in [-0.39, 0.29) is 0 Å². The molecule has 1 unspecified atom stereocenters. The van der Waals surface area contributed by atoms with E-state index in [1.807, 2.05) is 0 Å². The molecule has 2 rings (SSSR count). The van der Waals surface area contributed by atoms with E-state index < -0.39 is 0 Å². The summed E-state index contributed by atoms with van der Waals surface area (Å²) in [6.07, 6.45) is 5.39. The lowest BCUT2D eigenvalue weighted by Gasteiger charge is -2.22. The van der Waals surface area contributed by atoms with Crippen LogP contribution in [0.4, 0.5) is 11.5 Å². The number of aromatic nitrogens is 1. The second-order valence-corrected chi connectivity index (χ2v) is 5.00. The van der Waals surface area contributed by atoms with Crippen LogP contribution in [-0.4, -0.2) is 18.1 Å². The van der Waals surface area contributed by atoms with Crippen molar-refractivity contribution in [3.05, 3.63) is 17.3 Å². The quantitative estimate of drug-likeness (QED) is 0.820. The van der Waals surface area contributed by atoms with E-state index in [0.29, 0.717) is 10.7 Å². The lowest BCUT2D eigenvalue weighted by molar-refractivity contribution is 0.521. The number of hydrogen-bond acceptors (Lipinski definition) is 3. The molecule has 1 aromatic heterocycles. The first-order chi connectivity index (χ1) is 7.66. The molecule has 0 amide bonds. The number of halogens is 1. The molecule has 0 aliphatic carbocycles. The molecule has 1 atom stereocenters. The van der Waals surface area contributed by atoms with Crippen LogP contribution in [-0.2, 0) is 0 Å². The Balaban J connectivity index is 2.16. The topological polar surface area (TPSA) is 42.2 Å². The second kappa shape index (κ2) is 4.91. The average molecular weight is 240 g/mol. The first kappa shape index (κ1) is 11.5. The Bertz CT molecular complexity index is 367. The average Bonchev–Trinajstić information content (AvgIpc) is 2.43. The molecule has 0 aromatic carbocycles. The third-order valence-electron chi connectivity index (χ3n) is 3.16. The number of nitrogens with zero attached hydrogens (tertiary/aromatic N) is 2. The van der Waals surface area contributed by atoms with Crippen LogP contribution < -0.4 is 10.6 Å². The summed E-state index contributed by atoms with van der Waals surface area (Å²) in [5, 5.41) is 0.662. The van der Waals surface area contributed by atoms with Crippen LogP contribution in [0.25, 0.3) is 0 Å². The maximum atomic E-state index is 6.17. The molecule has 1 aromatic rings. The molecule has 16 heavy (non-hydrogen) atoms. The fourth-order valence-corrected chi connectivity index (χ4v) is 2.45. The number of anilines is 2. The van der Waals surface area contributed by atoms with Crippen molar-refractivity contribution in [1.29, 1.82) is 0 Å². The number of rotatable bonds is 1. The van der Waals surface area contributed by atoms with Gasteiger partial charge in [0.05, 0.1) is 16.9 Å². The summed E-state index contributed by atoms with van der Waals surface area (Å²) >= 11 is 6.17. The highest BCUT2D eigenvalue weighted by Crippen LogP contribution is 2.28. The molecule has 0 bridgehead atoms. The highest BCUT2D eigenvalue weighted by molar-refractivity contribution is 6.33. The largest absolute Gasteiger partial charge is 0.397 e. The normalized spacial score (nSPS) is 21.9. The van der Waals surface area contributed by atoms with Crippen molar-refractivity contribution in [2.45, 2.75) is 26.2 Å². The van der Waals surface area contributed by atoms with E-state index in [1.165, 1.54) is 19.3 Å². The Morgan fingerprint density at radius 1 is 1.44 bits per heavy atom. The van der Waals surface area contributed by atoms with E-state index in [0.717, 1.165) is 24.8 Å². The maximum Gasteiger partial charge on any atom is 0.147 e. The third-order valence-corrected chi connectivity index (χ3v) is 3.44. The van der Waals surface area contributed by atoms with Crippen molar-refractivity contribution < 1.29 is 0 Å². The van der Waals surface area contributed by atoms with E-state index >= 15 is 0 Å². The molecule has 1 aliphatic rings. The summed E-state index contributed by atoms with van der Waals surface area (Å²) in [5.41, 5.74) is 6.27. The van der Waals surface area contributed by atoms with Gasteiger partial charge in [-0.3, -0.25) is 0 Å². The summed E-state index contributed by atoms with van der Waals surface area (Å²) < 4.78 is 0. The van der Waals surface area contributed by atoms with Crippen LogP contribution in [0, 0.1) is 5.92 Å². The predicted octanol–water partition coefficient (Wildman–Crippen LogP) is 2.94. The zero-order valence-corrected chi connectivity index (χ0v) is 10.4. The highest BCUT2D eigenvalue weighted by atomic mass is 35.5. The summed E-state index contributed by atoms with van der Waals surface area (Å²) in [5.74, 6) is 1.68. The van der Waals surface area contributed by atoms with E-state index in [1.54, 1.807) is 12.3 Å². The summed E-state index contributed by atoms with van der Waals surface area (Å²) in [6, 6.07) is 1.78. The maximum absolute atomic E-state index is 6.17. The number of nitrogens with two attached hydrogens (primary N) is 1. The minimum absolute atomic E-state index is 0.622. The molecule has 2 N–H and O–H groups in total. The van der Waals surface area contributed by atoms with Gasteiger partial charge in [-0.15, -0.1) is 0 Å². The number of pyridine rings is 1. The molecule has 0 saturated carbocycles. The Morgan fingerprint density at radius 3 is 3.00 bits per heavy atom. The second-order valence-electron chi connectivity index (χ2n) is 4.60. The zero-order chi connectivity index (χ0) is 11.5. The lowest BCUT2D eigenvalue weighted by Crippen LogP contribution is -2.25. The molecule has 1 aliphatic heterocycles. The van der Waals surface area contributed by atoms with Crippen LogP contribution in [0.15, 0.2) is 12.3 Å². The van der Waals surface area contributed by atoms with Crippen molar-refractivity contribution in [2.24, 2.45) is 5.92 Å². The van der Waals surface area contributed by atoms with E-state index in [2.05, 4.69) is 16.8 Å². The highest BCUT2D eigenvalue weighted by Gasteiger charge is 2.17. The van der Waals surface area contributed by atoms with Crippen LogP contribution in [0.3, 0.4) is 0 Å². The molecule has 2 heterocycles. The van der Waals surface area contributed by atoms with Gasteiger partial charge in [0.1, 0.15) is 5.82 Å². The third kappa shape index (κ3) is 2.59. The van der Waals surface area contributed by atoms with Gasteiger partial charge in [-0.1, -0.05) is 18.5 Å². The van der Waals surface area contributed by atoms with Gasteiger partial charge in [0.25, 0.3) is 0 Å². The van der Waals surface area contributed by atoms with Crippen molar-refractivity contribution in [3.63, 3.8) is 0 Å². The fraction of sp³-hybridized carbons (Fsp3) is 0.583. The van der Waals surface area contributed by atoms with Gasteiger partial charge in [0, 0.05) is 13.1 Å².